The molecule has 7 heteroatoms. The van der Waals surface area contributed by atoms with Crippen molar-refractivity contribution in [3.05, 3.63) is 77.3 Å². The van der Waals surface area contributed by atoms with Crippen molar-refractivity contribution in [2.24, 2.45) is 0 Å². The van der Waals surface area contributed by atoms with Crippen LogP contribution in [0.15, 0.2) is 60.6 Å². The Morgan fingerprint density at radius 2 is 1.97 bits per heavy atom. The van der Waals surface area contributed by atoms with Crippen LogP contribution in [0.3, 0.4) is 0 Å². The third kappa shape index (κ3) is 3.52. The molecule has 0 saturated heterocycles. The monoisotopic (exact) mass is 394 g/mol. The van der Waals surface area contributed by atoms with Crippen molar-refractivity contribution in [2.45, 2.75) is 25.2 Å². The van der Waals surface area contributed by atoms with E-state index < -0.39 is 12.3 Å². The van der Waals surface area contributed by atoms with Gasteiger partial charge in [-0.3, -0.25) is 4.90 Å². The predicted molar refractivity (Wildman–Crippen MR) is 108 cm³/mol. The van der Waals surface area contributed by atoms with E-state index in [-0.39, 0.29) is 11.9 Å². The number of methoxy groups -OCH3 is 1. The van der Waals surface area contributed by atoms with Crippen LogP contribution in [0.1, 0.15) is 29.2 Å². The highest BCUT2D eigenvalue weighted by atomic mass is 16.5. The number of hydrogen-bond acceptors (Lipinski definition) is 6. The van der Waals surface area contributed by atoms with Crippen LogP contribution in [0.4, 0.5) is 5.69 Å². The Balaban J connectivity index is 1.57. The molecule has 2 aliphatic rings. The lowest BCUT2D eigenvalue weighted by atomic mass is 10.0. The molecule has 0 aromatic heterocycles. The molecule has 2 aromatic carbocycles. The number of ether oxygens (including phenoxy) is 1. The third-order valence-electron chi connectivity index (χ3n) is 5.35. The van der Waals surface area contributed by atoms with Gasteiger partial charge in [0.1, 0.15) is 5.75 Å². The zero-order valence-electron chi connectivity index (χ0n) is 15.9. The molecule has 1 aliphatic carbocycles. The van der Waals surface area contributed by atoms with Crippen molar-refractivity contribution >= 4 is 17.7 Å². The molecular formula is C22H22N2O5. The molecule has 1 aliphatic heterocycles. The van der Waals surface area contributed by atoms with Crippen molar-refractivity contribution in [1.82, 2.24) is 4.90 Å². The van der Waals surface area contributed by atoms with Gasteiger partial charge in [-0.2, -0.15) is 0 Å². The van der Waals surface area contributed by atoms with E-state index in [4.69, 9.17) is 9.84 Å². The molecule has 0 radical (unpaired) electrons. The van der Waals surface area contributed by atoms with Gasteiger partial charge in [0.15, 0.2) is 0 Å². The van der Waals surface area contributed by atoms with E-state index in [1.165, 1.54) is 4.90 Å². The van der Waals surface area contributed by atoms with Gasteiger partial charge in [0.05, 0.1) is 19.4 Å². The number of anilines is 1. The smallest absolute Gasteiger partial charge is 0.328 e. The number of aliphatic hydroxyl groups is 2. The van der Waals surface area contributed by atoms with Crippen LogP contribution in [0, 0.1) is 0 Å². The van der Waals surface area contributed by atoms with Crippen molar-refractivity contribution in [1.29, 1.82) is 0 Å². The molecule has 0 fully saturated rings. The standard InChI is InChI=1S/C22H22N2O5/c1-29-17-7-5-16(6-8-17)24-20(25)13-23(22(24)28)19-10-4-15-12-14(2-9-18(15)19)3-11-21(26)27/h2-3,5-9,11-13,19,22,25,28H,4,10H2,1H3,(H,26,27)/b11-3+. The Morgan fingerprint density at radius 1 is 1.21 bits per heavy atom. The summed E-state index contributed by atoms with van der Waals surface area (Å²) in [4.78, 5) is 13.9. The summed E-state index contributed by atoms with van der Waals surface area (Å²) in [5.74, 6) is -0.319. The summed E-state index contributed by atoms with van der Waals surface area (Å²) in [5.41, 5.74) is 3.66. The van der Waals surface area contributed by atoms with E-state index in [1.54, 1.807) is 48.6 Å². The molecule has 29 heavy (non-hydrogen) atoms. The molecule has 0 saturated carbocycles. The predicted octanol–water partition coefficient (Wildman–Crippen LogP) is 3.24. The molecule has 7 nitrogen and oxygen atoms in total. The average molecular weight is 394 g/mol. The van der Waals surface area contributed by atoms with E-state index in [0.717, 1.165) is 35.6 Å². The van der Waals surface area contributed by atoms with Crippen molar-refractivity contribution in [3.63, 3.8) is 0 Å². The third-order valence-corrected chi connectivity index (χ3v) is 5.35. The summed E-state index contributed by atoms with van der Waals surface area (Å²) in [7, 11) is 1.58. The summed E-state index contributed by atoms with van der Waals surface area (Å²) in [6.45, 7) is 0. The van der Waals surface area contributed by atoms with Gasteiger partial charge in [0, 0.05) is 11.8 Å². The Bertz CT molecular complexity index is 983. The second kappa shape index (κ2) is 7.52. The van der Waals surface area contributed by atoms with Gasteiger partial charge < -0.3 is 25.0 Å². The lowest BCUT2D eigenvalue weighted by Crippen LogP contribution is -2.41. The van der Waals surface area contributed by atoms with Gasteiger partial charge in [-0.15, -0.1) is 0 Å². The zero-order valence-corrected chi connectivity index (χ0v) is 15.9. The zero-order chi connectivity index (χ0) is 20.5. The van der Waals surface area contributed by atoms with Gasteiger partial charge in [-0.1, -0.05) is 18.2 Å². The Hall–Kier alpha value is -3.45. The van der Waals surface area contributed by atoms with Crippen molar-refractivity contribution in [3.8, 4) is 5.75 Å². The van der Waals surface area contributed by atoms with Gasteiger partial charge in [0.2, 0.25) is 12.2 Å². The summed E-state index contributed by atoms with van der Waals surface area (Å²) in [5, 5.41) is 30.2. The molecule has 0 bridgehead atoms. The Morgan fingerprint density at radius 3 is 2.66 bits per heavy atom. The topological polar surface area (TPSA) is 93.5 Å². The van der Waals surface area contributed by atoms with E-state index in [1.807, 2.05) is 18.2 Å². The van der Waals surface area contributed by atoms with Crippen LogP contribution in [0.25, 0.3) is 6.08 Å². The summed E-state index contributed by atoms with van der Waals surface area (Å²) < 4.78 is 5.16. The lowest BCUT2D eigenvalue weighted by molar-refractivity contribution is -0.131. The van der Waals surface area contributed by atoms with Gasteiger partial charge in [0.25, 0.3) is 0 Å². The highest BCUT2D eigenvalue weighted by Crippen LogP contribution is 2.41. The molecule has 3 N–H and O–H groups in total. The second-order valence-corrected chi connectivity index (χ2v) is 7.03. The van der Waals surface area contributed by atoms with E-state index >= 15 is 0 Å². The highest BCUT2D eigenvalue weighted by molar-refractivity contribution is 5.85. The highest BCUT2D eigenvalue weighted by Gasteiger charge is 2.38. The maximum absolute atomic E-state index is 10.9. The first-order chi connectivity index (χ1) is 14.0. The summed E-state index contributed by atoms with van der Waals surface area (Å²) in [6, 6.07) is 12.8. The fraction of sp³-hybridized carbons (Fsp3) is 0.227. The minimum atomic E-state index is -1.04. The normalized spacial score (nSPS) is 20.8. The first-order valence-corrected chi connectivity index (χ1v) is 9.31. The molecule has 4 rings (SSSR count). The average Bonchev–Trinajstić information content (AvgIpc) is 3.26. The summed E-state index contributed by atoms with van der Waals surface area (Å²) >= 11 is 0. The van der Waals surface area contributed by atoms with Crippen LogP contribution >= 0.6 is 0 Å². The molecular weight excluding hydrogens is 372 g/mol. The van der Waals surface area contributed by atoms with Gasteiger partial charge in [-0.25, -0.2) is 4.79 Å². The Kier molecular flexibility index (Phi) is 4.90. The molecule has 2 unspecified atom stereocenters. The molecule has 0 amide bonds. The minimum Gasteiger partial charge on any atom is -0.497 e. The number of carbonyl (C=O) groups is 1. The molecule has 0 spiro atoms. The number of benzene rings is 2. The maximum atomic E-state index is 10.9. The number of aliphatic carboxylic acids is 1. The van der Waals surface area contributed by atoms with Gasteiger partial charge in [-0.05, 0) is 59.9 Å². The van der Waals surface area contributed by atoms with E-state index in [9.17, 15) is 15.0 Å². The van der Waals surface area contributed by atoms with Crippen LogP contribution in [-0.2, 0) is 11.2 Å². The molecule has 2 atom stereocenters. The first-order valence-electron chi connectivity index (χ1n) is 9.31. The first kappa shape index (κ1) is 18.9. The largest absolute Gasteiger partial charge is 0.497 e. The number of carboxylic acids is 1. The second-order valence-electron chi connectivity index (χ2n) is 7.03. The van der Waals surface area contributed by atoms with Crippen LogP contribution < -0.4 is 9.64 Å². The molecule has 2 aromatic rings. The molecule has 150 valence electrons. The number of rotatable bonds is 5. The van der Waals surface area contributed by atoms with Crippen LogP contribution in [0.5, 0.6) is 5.75 Å². The number of fused-ring (bicyclic) bond motifs is 1. The van der Waals surface area contributed by atoms with Crippen molar-refractivity contribution < 1.29 is 24.9 Å². The lowest BCUT2D eigenvalue weighted by Gasteiger charge is -2.32. The van der Waals surface area contributed by atoms with Crippen LogP contribution in [0.2, 0.25) is 0 Å². The quantitative estimate of drug-likeness (QED) is 0.671. The van der Waals surface area contributed by atoms with E-state index in [0.29, 0.717) is 11.4 Å². The number of carboxylic acid groups (broad SMARTS) is 1. The fourth-order valence-corrected chi connectivity index (χ4v) is 3.97. The minimum absolute atomic E-state index is 0.0304. The number of aliphatic hydroxyl groups excluding tert-OH is 2. The fourth-order valence-electron chi connectivity index (χ4n) is 3.97. The number of nitrogens with zero attached hydrogens (tertiary/aromatic N) is 2. The Labute approximate surface area is 168 Å². The molecule has 1 heterocycles. The van der Waals surface area contributed by atoms with Crippen molar-refractivity contribution in [2.75, 3.05) is 12.0 Å². The van der Waals surface area contributed by atoms with E-state index in [2.05, 4.69) is 0 Å². The summed E-state index contributed by atoms with van der Waals surface area (Å²) in [6.07, 6.45) is 4.82. The maximum Gasteiger partial charge on any atom is 0.328 e. The number of aryl methyl sites for hydroxylation is 1. The SMILES string of the molecule is COc1ccc(N2C(O)=CN(C3CCc4cc(/C=C/C(=O)O)ccc43)C2O)cc1. The number of hydrogen-bond donors (Lipinski definition) is 3. The van der Waals surface area contributed by atoms with Gasteiger partial charge >= 0.3 is 5.97 Å². The van der Waals surface area contributed by atoms with Crippen LogP contribution in [-0.4, -0.2) is 39.7 Å².